The smallest absolute Gasteiger partial charge is 0.254 e. The van der Waals surface area contributed by atoms with Crippen LogP contribution in [0, 0.1) is 6.92 Å². The van der Waals surface area contributed by atoms with Crippen molar-refractivity contribution in [1.29, 1.82) is 0 Å². The van der Waals surface area contributed by atoms with Crippen molar-refractivity contribution in [1.82, 2.24) is 10.2 Å². The maximum absolute atomic E-state index is 5.77. The second kappa shape index (κ2) is 7.23. The van der Waals surface area contributed by atoms with E-state index in [1.54, 1.807) is 0 Å². The molecule has 4 heteroatoms. The third-order valence-corrected chi connectivity index (χ3v) is 4.17. The quantitative estimate of drug-likeness (QED) is 0.494. The van der Waals surface area contributed by atoms with Crippen LogP contribution in [0.2, 0.25) is 0 Å². The zero-order chi connectivity index (χ0) is 17.8. The molecule has 128 valence electrons. The molecule has 0 atom stereocenters. The van der Waals surface area contributed by atoms with E-state index in [4.69, 9.17) is 9.15 Å². The van der Waals surface area contributed by atoms with Gasteiger partial charge in [0.1, 0.15) is 5.75 Å². The van der Waals surface area contributed by atoms with E-state index in [0.717, 1.165) is 22.4 Å². The lowest BCUT2D eigenvalue weighted by Gasteiger charge is -2.05. The maximum atomic E-state index is 5.77. The predicted molar refractivity (Wildman–Crippen MR) is 101 cm³/mol. The monoisotopic (exact) mass is 342 g/mol. The van der Waals surface area contributed by atoms with E-state index in [-0.39, 0.29) is 6.61 Å². The molecule has 4 rings (SSSR count). The number of nitrogens with zero attached hydrogens (tertiary/aromatic N) is 2. The average Bonchev–Trinajstić information content (AvgIpc) is 3.17. The molecule has 3 aromatic carbocycles. The first-order valence-electron chi connectivity index (χ1n) is 8.46. The average molecular weight is 342 g/mol. The van der Waals surface area contributed by atoms with Gasteiger partial charge in [-0.2, -0.15) is 0 Å². The first-order chi connectivity index (χ1) is 12.8. The molecule has 0 aliphatic heterocycles. The highest BCUT2D eigenvalue weighted by atomic mass is 16.5. The van der Waals surface area contributed by atoms with Crippen molar-refractivity contribution in [2.24, 2.45) is 0 Å². The van der Waals surface area contributed by atoms with Gasteiger partial charge in [0.15, 0.2) is 6.61 Å². The third-order valence-electron chi connectivity index (χ3n) is 4.17. The van der Waals surface area contributed by atoms with Crippen LogP contribution in [-0.2, 0) is 6.61 Å². The minimum absolute atomic E-state index is 0.240. The van der Waals surface area contributed by atoms with Gasteiger partial charge in [-0.15, -0.1) is 10.2 Å². The first-order valence-corrected chi connectivity index (χ1v) is 8.46. The molecule has 0 amide bonds. The van der Waals surface area contributed by atoms with Gasteiger partial charge in [0.2, 0.25) is 5.89 Å². The largest absolute Gasteiger partial charge is 0.484 e. The van der Waals surface area contributed by atoms with E-state index in [9.17, 15) is 0 Å². The molecule has 0 spiro atoms. The lowest BCUT2D eigenvalue weighted by atomic mass is 10.1. The molecule has 0 saturated carbocycles. The zero-order valence-corrected chi connectivity index (χ0v) is 14.4. The topological polar surface area (TPSA) is 48.2 Å². The standard InChI is InChI=1S/C22H18N2O2/c1-16-7-5-6-10-20(16)22-24-23-21(26-22)15-25-19-13-11-18(12-14-19)17-8-3-2-4-9-17/h2-14H,15H2,1H3. The highest BCUT2D eigenvalue weighted by Gasteiger charge is 2.11. The lowest BCUT2D eigenvalue weighted by Crippen LogP contribution is -1.95. The van der Waals surface area contributed by atoms with Gasteiger partial charge in [-0.05, 0) is 41.8 Å². The Kier molecular flexibility index (Phi) is 4.48. The number of hydrogen-bond donors (Lipinski definition) is 0. The maximum Gasteiger partial charge on any atom is 0.254 e. The fourth-order valence-electron chi connectivity index (χ4n) is 2.75. The van der Waals surface area contributed by atoms with Crippen LogP contribution in [0.3, 0.4) is 0 Å². The molecule has 0 radical (unpaired) electrons. The second-order valence-electron chi connectivity index (χ2n) is 5.99. The van der Waals surface area contributed by atoms with Crippen LogP contribution in [0.25, 0.3) is 22.6 Å². The molecule has 0 saturated heterocycles. The molecule has 0 fully saturated rings. The summed E-state index contributed by atoms with van der Waals surface area (Å²) in [5, 5.41) is 8.19. The summed E-state index contributed by atoms with van der Waals surface area (Å²) in [5.41, 5.74) is 4.37. The summed E-state index contributed by atoms with van der Waals surface area (Å²) < 4.78 is 11.5. The molecule has 4 aromatic rings. The fraction of sp³-hybridized carbons (Fsp3) is 0.0909. The molecule has 0 aliphatic rings. The summed E-state index contributed by atoms with van der Waals surface area (Å²) in [6, 6.07) is 26.1. The summed E-state index contributed by atoms with van der Waals surface area (Å²) in [4.78, 5) is 0. The Morgan fingerprint density at radius 3 is 2.23 bits per heavy atom. The van der Waals surface area contributed by atoms with E-state index < -0.39 is 0 Å². The summed E-state index contributed by atoms with van der Waals surface area (Å²) in [6.07, 6.45) is 0. The van der Waals surface area contributed by atoms with Gasteiger partial charge < -0.3 is 9.15 Å². The van der Waals surface area contributed by atoms with Crippen molar-refractivity contribution in [3.05, 3.63) is 90.3 Å². The molecular formula is C22H18N2O2. The van der Waals surface area contributed by atoms with Crippen molar-refractivity contribution >= 4 is 0 Å². The Morgan fingerprint density at radius 2 is 1.46 bits per heavy atom. The minimum Gasteiger partial charge on any atom is -0.484 e. The summed E-state index contributed by atoms with van der Waals surface area (Å²) >= 11 is 0. The summed E-state index contributed by atoms with van der Waals surface area (Å²) in [5.74, 6) is 1.73. The van der Waals surface area contributed by atoms with Crippen molar-refractivity contribution < 1.29 is 9.15 Å². The van der Waals surface area contributed by atoms with E-state index in [1.165, 1.54) is 5.56 Å². The molecule has 1 heterocycles. The molecule has 0 aliphatic carbocycles. The van der Waals surface area contributed by atoms with Gasteiger partial charge in [0, 0.05) is 5.56 Å². The molecule has 1 aromatic heterocycles. The number of aryl methyl sites for hydroxylation is 1. The van der Waals surface area contributed by atoms with E-state index >= 15 is 0 Å². The van der Waals surface area contributed by atoms with Gasteiger partial charge in [-0.1, -0.05) is 60.7 Å². The molecule has 0 N–H and O–H groups in total. The lowest BCUT2D eigenvalue weighted by molar-refractivity contribution is 0.264. The summed E-state index contributed by atoms with van der Waals surface area (Å²) in [6.45, 7) is 2.26. The van der Waals surface area contributed by atoms with E-state index in [2.05, 4.69) is 22.3 Å². The number of hydrogen-bond acceptors (Lipinski definition) is 4. The van der Waals surface area contributed by atoms with Crippen LogP contribution >= 0.6 is 0 Å². The fourth-order valence-corrected chi connectivity index (χ4v) is 2.75. The van der Waals surface area contributed by atoms with Crippen LogP contribution in [0.5, 0.6) is 5.75 Å². The van der Waals surface area contributed by atoms with Gasteiger partial charge in [0.25, 0.3) is 5.89 Å². The second-order valence-corrected chi connectivity index (χ2v) is 5.99. The highest BCUT2D eigenvalue weighted by Crippen LogP contribution is 2.24. The van der Waals surface area contributed by atoms with Crippen LogP contribution in [0.15, 0.2) is 83.3 Å². The molecular weight excluding hydrogens is 324 g/mol. The minimum atomic E-state index is 0.240. The zero-order valence-electron chi connectivity index (χ0n) is 14.4. The Hall–Kier alpha value is -3.40. The van der Waals surface area contributed by atoms with Gasteiger partial charge in [-0.25, -0.2) is 0 Å². The Labute approximate surface area is 152 Å². The molecule has 26 heavy (non-hydrogen) atoms. The number of rotatable bonds is 5. The van der Waals surface area contributed by atoms with Crippen LogP contribution < -0.4 is 4.74 Å². The van der Waals surface area contributed by atoms with Crippen molar-refractivity contribution in [3.63, 3.8) is 0 Å². The van der Waals surface area contributed by atoms with Crippen LogP contribution in [0.4, 0.5) is 0 Å². The number of aromatic nitrogens is 2. The predicted octanol–water partition coefficient (Wildman–Crippen LogP) is 5.29. The number of benzene rings is 3. The van der Waals surface area contributed by atoms with Crippen molar-refractivity contribution in [3.8, 4) is 28.3 Å². The van der Waals surface area contributed by atoms with Gasteiger partial charge in [0.05, 0.1) is 0 Å². The Balaban J connectivity index is 1.43. The normalized spacial score (nSPS) is 10.7. The van der Waals surface area contributed by atoms with E-state index in [0.29, 0.717) is 11.8 Å². The molecule has 0 unspecified atom stereocenters. The van der Waals surface area contributed by atoms with Crippen molar-refractivity contribution in [2.45, 2.75) is 13.5 Å². The highest BCUT2D eigenvalue weighted by molar-refractivity contribution is 5.63. The summed E-state index contributed by atoms with van der Waals surface area (Å²) in [7, 11) is 0. The van der Waals surface area contributed by atoms with Gasteiger partial charge in [-0.3, -0.25) is 0 Å². The Morgan fingerprint density at radius 1 is 0.769 bits per heavy atom. The Bertz CT molecular complexity index is 992. The van der Waals surface area contributed by atoms with Gasteiger partial charge >= 0.3 is 0 Å². The SMILES string of the molecule is Cc1ccccc1-c1nnc(COc2ccc(-c3ccccc3)cc2)o1. The molecule has 0 bridgehead atoms. The first kappa shape index (κ1) is 16.1. The third kappa shape index (κ3) is 3.49. The van der Waals surface area contributed by atoms with Crippen LogP contribution in [-0.4, -0.2) is 10.2 Å². The van der Waals surface area contributed by atoms with Crippen molar-refractivity contribution in [2.75, 3.05) is 0 Å². The number of ether oxygens (including phenoxy) is 1. The van der Waals surface area contributed by atoms with E-state index in [1.807, 2.05) is 73.7 Å². The molecule has 4 nitrogen and oxygen atoms in total. The van der Waals surface area contributed by atoms with Crippen LogP contribution in [0.1, 0.15) is 11.5 Å².